The maximum atomic E-state index is 11.7. The van der Waals surface area contributed by atoms with Gasteiger partial charge in [0.15, 0.2) is 0 Å². The Hall–Kier alpha value is -1.39. The molecule has 16 heavy (non-hydrogen) atoms. The third kappa shape index (κ3) is 2.40. The molecular formula is C12H16N2O2. The molecule has 1 aliphatic heterocycles. The summed E-state index contributed by atoms with van der Waals surface area (Å²) in [6.45, 7) is 2.70. The predicted octanol–water partition coefficient (Wildman–Crippen LogP) is 0.666. The Morgan fingerprint density at radius 2 is 2.12 bits per heavy atom. The number of likely N-dealkylation sites (N-methyl/N-ethyl adjacent to an activating group) is 1. The molecule has 1 aromatic carbocycles. The van der Waals surface area contributed by atoms with E-state index in [4.69, 9.17) is 4.74 Å². The molecule has 4 heteroatoms. The second-order valence-electron chi connectivity index (χ2n) is 3.84. The van der Waals surface area contributed by atoms with E-state index in [1.807, 2.05) is 25.2 Å². The number of hydrogen-bond donors (Lipinski definition) is 2. The van der Waals surface area contributed by atoms with Crippen LogP contribution in [0.4, 0.5) is 0 Å². The number of ether oxygens (including phenoxy) is 1. The molecule has 0 spiro atoms. The molecular weight excluding hydrogens is 204 g/mol. The maximum Gasteiger partial charge on any atom is 0.251 e. The number of benzene rings is 1. The molecule has 0 saturated carbocycles. The maximum absolute atomic E-state index is 11.7. The van der Waals surface area contributed by atoms with Gasteiger partial charge in [-0.15, -0.1) is 0 Å². The molecule has 0 fully saturated rings. The van der Waals surface area contributed by atoms with Crippen LogP contribution >= 0.6 is 0 Å². The summed E-state index contributed by atoms with van der Waals surface area (Å²) in [6.07, 6.45) is 0. The van der Waals surface area contributed by atoms with Crippen molar-refractivity contribution in [2.45, 2.75) is 13.2 Å². The molecule has 2 N–H and O–H groups in total. The minimum atomic E-state index is -0.0232. The Morgan fingerprint density at radius 3 is 2.94 bits per heavy atom. The third-order valence-electron chi connectivity index (χ3n) is 2.64. The molecule has 1 aliphatic rings. The summed E-state index contributed by atoms with van der Waals surface area (Å²) in [5.74, 6) is -0.0232. The van der Waals surface area contributed by atoms with E-state index in [0.29, 0.717) is 25.3 Å². The van der Waals surface area contributed by atoms with Crippen LogP contribution in [0.15, 0.2) is 18.2 Å². The van der Waals surface area contributed by atoms with Gasteiger partial charge < -0.3 is 15.4 Å². The monoisotopic (exact) mass is 220 g/mol. The van der Waals surface area contributed by atoms with Crippen molar-refractivity contribution < 1.29 is 9.53 Å². The Bertz CT molecular complexity index is 391. The summed E-state index contributed by atoms with van der Waals surface area (Å²) in [6, 6.07) is 5.73. The smallest absolute Gasteiger partial charge is 0.251 e. The van der Waals surface area contributed by atoms with Crippen LogP contribution in [0.5, 0.6) is 0 Å². The fraction of sp³-hybridized carbons (Fsp3) is 0.417. The predicted molar refractivity (Wildman–Crippen MR) is 61.2 cm³/mol. The normalized spacial score (nSPS) is 13.6. The van der Waals surface area contributed by atoms with Gasteiger partial charge >= 0.3 is 0 Å². The number of fused-ring (bicyclic) bond motifs is 1. The molecule has 0 atom stereocenters. The van der Waals surface area contributed by atoms with Gasteiger partial charge in [-0.05, 0) is 30.3 Å². The minimum absolute atomic E-state index is 0.0232. The first-order chi connectivity index (χ1) is 7.81. The van der Waals surface area contributed by atoms with Crippen LogP contribution in [-0.2, 0) is 18.0 Å². The van der Waals surface area contributed by atoms with Gasteiger partial charge in [0.25, 0.3) is 5.91 Å². The first-order valence-electron chi connectivity index (χ1n) is 5.43. The molecule has 0 aromatic heterocycles. The summed E-state index contributed by atoms with van der Waals surface area (Å²) in [7, 11) is 1.86. The van der Waals surface area contributed by atoms with Gasteiger partial charge in [0.2, 0.25) is 0 Å². The number of nitrogens with one attached hydrogen (secondary N) is 2. The van der Waals surface area contributed by atoms with Crippen molar-refractivity contribution in [3.8, 4) is 0 Å². The topological polar surface area (TPSA) is 50.4 Å². The van der Waals surface area contributed by atoms with Crippen molar-refractivity contribution in [2.75, 3.05) is 20.1 Å². The van der Waals surface area contributed by atoms with E-state index < -0.39 is 0 Å². The molecule has 0 bridgehead atoms. The third-order valence-corrected chi connectivity index (χ3v) is 2.64. The summed E-state index contributed by atoms with van der Waals surface area (Å²) < 4.78 is 5.31. The highest BCUT2D eigenvalue weighted by atomic mass is 16.5. The van der Waals surface area contributed by atoms with E-state index in [9.17, 15) is 4.79 Å². The standard InChI is InChI=1S/C12H16N2O2/c1-13-4-5-14-12(15)9-2-3-10-7-16-8-11(10)6-9/h2-3,6,13H,4-5,7-8H2,1H3,(H,14,15). The first-order valence-corrected chi connectivity index (χ1v) is 5.43. The van der Waals surface area contributed by atoms with Crippen LogP contribution in [0, 0.1) is 0 Å². The molecule has 0 unspecified atom stereocenters. The van der Waals surface area contributed by atoms with Crippen LogP contribution in [0.1, 0.15) is 21.5 Å². The molecule has 1 heterocycles. The molecule has 0 saturated heterocycles. The van der Waals surface area contributed by atoms with Crippen molar-refractivity contribution in [1.82, 2.24) is 10.6 Å². The van der Waals surface area contributed by atoms with Gasteiger partial charge in [0.05, 0.1) is 13.2 Å². The van der Waals surface area contributed by atoms with Crippen molar-refractivity contribution in [2.24, 2.45) is 0 Å². The van der Waals surface area contributed by atoms with Crippen molar-refractivity contribution in [3.05, 3.63) is 34.9 Å². The van der Waals surface area contributed by atoms with Crippen LogP contribution < -0.4 is 10.6 Å². The summed E-state index contributed by atoms with van der Waals surface area (Å²) in [5.41, 5.74) is 3.02. The lowest BCUT2D eigenvalue weighted by atomic mass is 10.1. The van der Waals surface area contributed by atoms with Crippen LogP contribution in [0.2, 0.25) is 0 Å². The molecule has 1 aromatic rings. The highest BCUT2D eigenvalue weighted by Crippen LogP contribution is 2.20. The summed E-state index contributed by atoms with van der Waals surface area (Å²) >= 11 is 0. The second-order valence-corrected chi connectivity index (χ2v) is 3.84. The quantitative estimate of drug-likeness (QED) is 0.733. The number of carbonyl (C=O) groups is 1. The van der Waals surface area contributed by atoms with E-state index in [1.165, 1.54) is 5.56 Å². The Kier molecular flexibility index (Phi) is 3.54. The van der Waals surface area contributed by atoms with E-state index in [1.54, 1.807) is 0 Å². The van der Waals surface area contributed by atoms with Crippen LogP contribution in [-0.4, -0.2) is 26.0 Å². The number of hydrogen-bond acceptors (Lipinski definition) is 3. The largest absolute Gasteiger partial charge is 0.372 e. The van der Waals surface area contributed by atoms with Crippen LogP contribution in [0.3, 0.4) is 0 Å². The molecule has 4 nitrogen and oxygen atoms in total. The molecule has 86 valence electrons. The van der Waals surface area contributed by atoms with E-state index in [-0.39, 0.29) is 5.91 Å². The highest BCUT2D eigenvalue weighted by Gasteiger charge is 2.13. The van der Waals surface area contributed by atoms with Crippen molar-refractivity contribution >= 4 is 5.91 Å². The van der Waals surface area contributed by atoms with E-state index >= 15 is 0 Å². The zero-order chi connectivity index (χ0) is 11.4. The molecule has 0 aliphatic carbocycles. The Balaban J connectivity index is 2.01. The molecule has 1 amide bonds. The fourth-order valence-corrected chi connectivity index (χ4v) is 1.72. The average Bonchev–Trinajstić information content (AvgIpc) is 2.76. The lowest BCUT2D eigenvalue weighted by Crippen LogP contribution is -2.30. The molecule has 0 radical (unpaired) electrons. The minimum Gasteiger partial charge on any atom is -0.372 e. The van der Waals surface area contributed by atoms with Gasteiger partial charge in [-0.1, -0.05) is 6.07 Å². The Labute approximate surface area is 95.0 Å². The number of carbonyl (C=O) groups excluding carboxylic acids is 1. The van der Waals surface area contributed by atoms with E-state index in [0.717, 1.165) is 12.1 Å². The lowest BCUT2D eigenvalue weighted by molar-refractivity contribution is 0.0954. The van der Waals surface area contributed by atoms with Gasteiger partial charge in [0.1, 0.15) is 0 Å². The van der Waals surface area contributed by atoms with Gasteiger partial charge in [-0.25, -0.2) is 0 Å². The van der Waals surface area contributed by atoms with Gasteiger partial charge in [-0.3, -0.25) is 4.79 Å². The fourth-order valence-electron chi connectivity index (χ4n) is 1.72. The number of amides is 1. The summed E-state index contributed by atoms with van der Waals surface area (Å²) in [4.78, 5) is 11.7. The first kappa shape index (κ1) is 11.1. The average molecular weight is 220 g/mol. The lowest BCUT2D eigenvalue weighted by Gasteiger charge is -2.05. The number of rotatable bonds is 4. The highest BCUT2D eigenvalue weighted by molar-refractivity contribution is 5.94. The van der Waals surface area contributed by atoms with Gasteiger partial charge in [-0.2, -0.15) is 0 Å². The summed E-state index contributed by atoms with van der Waals surface area (Å²) in [5, 5.41) is 5.83. The second kappa shape index (κ2) is 5.09. The SMILES string of the molecule is CNCCNC(=O)c1ccc2c(c1)COC2. The van der Waals surface area contributed by atoms with Crippen LogP contribution in [0.25, 0.3) is 0 Å². The van der Waals surface area contributed by atoms with E-state index in [2.05, 4.69) is 10.6 Å². The molecule has 2 rings (SSSR count). The zero-order valence-electron chi connectivity index (χ0n) is 9.38. The Morgan fingerprint density at radius 1 is 1.31 bits per heavy atom. The zero-order valence-corrected chi connectivity index (χ0v) is 9.38. The van der Waals surface area contributed by atoms with Crippen molar-refractivity contribution in [3.63, 3.8) is 0 Å². The van der Waals surface area contributed by atoms with Gasteiger partial charge in [0, 0.05) is 18.7 Å². The van der Waals surface area contributed by atoms with Crippen molar-refractivity contribution in [1.29, 1.82) is 0 Å².